The second-order valence-corrected chi connectivity index (χ2v) is 11.3. The summed E-state index contributed by atoms with van der Waals surface area (Å²) in [4.78, 5) is 97.9. The van der Waals surface area contributed by atoms with Crippen molar-refractivity contribution in [3.63, 3.8) is 0 Å². The molecule has 5 rings (SSSR count). The van der Waals surface area contributed by atoms with Crippen LogP contribution in [-0.4, -0.2) is 86.3 Å². The normalized spacial score (nSPS) is 18.9. The molecular weight excluding hydrogens is 664 g/mol. The largest absolute Gasteiger partial charge is 0.481 e. The number of hydrogen-bond donors (Lipinski definition) is 9. The number of aliphatic carboxylic acids is 1. The molecule has 2 heterocycles. The maximum Gasteiger partial charge on any atom is 0.305 e. The number of imidazole rings is 1. The van der Waals surface area contributed by atoms with Crippen molar-refractivity contribution in [1.29, 1.82) is 0 Å². The fraction of sp³-hybridized carbons (Fsp3) is 0.176. The van der Waals surface area contributed by atoms with Crippen LogP contribution >= 0.6 is 0 Å². The van der Waals surface area contributed by atoms with Crippen LogP contribution in [0.2, 0.25) is 0 Å². The number of aromatic nitrogens is 2. The zero-order valence-electron chi connectivity index (χ0n) is 26.6. The Morgan fingerprint density at radius 1 is 0.627 bits per heavy atom. The highest BCUT2D eigenvalue weighted by Gasteiger charge is 2.27. The second-order valence-electron chi connectivity index (χ2n) is 11.3. The van der Waals surface area contributed by atoms with E-state index in [2.05, 4.69) is 41.9 Å². The summed E-state index contributed by atoms with van der Waals surface area (Å²) in [6.07, 6.45) is 2.07. The number of hydrogen-bond acceptors (Lipinski definition) is 9. The summed E-state index contributed by atoms with van der Waals surface area (Å²) in [7, 11) is 0. The van der Waals surface area contributed by atoms with E-state index in [0.717, 1.165) is 0 Å². The van der Waals surface area contributed by atoms with E-state index in [9.17, 15) is 43.8 Å². The van der Waals surface area contributed by atoms with E-state index in [0.29, 0.717) is 5.69 Å². The van der Waals surface area contributed by atoms with E-state index in [4.69, 9.17) is 0 Å². The second kappa shape index (κ2) is 16.0. The molecule has 3 atom stereocenters. The lowest BCUT2D eigenvalue weighted by Gasteiger charge is -2.20. The SMILES string of the molecule is O=C(O)C[C@@H]1NC(=O)c2cccc(c2)NC(=O)[C@H](Cc2cnc[nH]2)NC(=O)c2cccc(c2)NC(=O)[C@@H](CO)NC(=O)c2cccc(c2)NC1=O. The monoisotopic (exact) mass is 696 g/mol. The molecule has 6 bridgehead atoms. The molecule has 4 aromatic rings. The summed E-state index contributed by atoms with van der Waals surface area (Å²) in [6.45, 7) is -0.794. The molecule has 0 saturated heterocycles. The number of anilines is 3. The molecule has 17 nitrogen and oxygen atoms in total. The van der Waals surface area contributed by atoms with Gasteiger partial charge in [0.1, 0.15) is 18.1 Å². The highest BCUT2D eigenvalue weighted by atomic mass is 16.4. The number of benzene rings is 3. The molecule has 1 aliphatic heterocycles. The average Bonchev–Trinajstić information content (AvgIpc) is 3.63. The van der Waals surface area contributed by atoms with E-state index in [1.807, 2.05) is 0 Å². The van der Waals surface area contributed by atoms with Gasteiger partial charge in [-0.15, -0.1) is 0 Å². The van der Waals surface area contributed by atoms with Crippen molar-refractivity contribution >= 4 is 58.5 Å². The molecule has 9 N–H and O–H groups in total. The lowest BCUT2D eigenvalue weighted by molar-refractivity contribution is -0.139. The molecule has 0 unspecified atom stereocenters. The highest BCUT2D eigenvalue weighted by Crippen LogP contribution is 2.17. The number of amides is 6. The Hall–Kier alpha value is -6.88. The molecule has 6 amide bonds. The van der Waals surface area contributed by atoms with Crippen LogP contribution in [0.3, 0.4) is 0 Å². The minimum atomic E-state index is -1.56. The molecule has 3 aromatic carbocycles. The number of nitrogens with zero attached hydrogens (tertiary/aromatic N) is 1. The number of nitrogens with one attached hydrogen (secondary N) is 7. The Bertz CT molecular complexity index is 1980. The summed E-state index contributed by atoms with van der Waals surface area (Å²) in [5.41, 5.74) is 0.932. The van der Waals surface area contributed by atoms with Crippen LogP contribution in [0, 0.1) is 0 Å². The topological polar surface area (TPSA) is 261 Å². The quantitative estimate of drug-likeness (QED) is 0.141. The van der Waals surface area contributed by atoms with E-state index in [1.54, 1.807) is 0 Å². The lowest BCUT2D eigenvalue weighted by atomic mass is 10.1. The first kappa shape index (κ1) is 35.4. The molecular formula is C34H32N8O9. The van der Waals surface area contributed by atoms with Crippen LogP contribution in [0.4, 0.5) is 17.1 Å². The Labute approximate surface area is 289 Å². The van der Waals surface area contributed by atoms with Crippen LogP contribution in [0.5, 0.6) is 0 Å². The maximum atomic E-state index is 13.5. The fourth-order valence-electron chi connectivity index (χ4n) is 5.03. The standard InChI is InChI=1S/C34H32N8O9/c43-16-27-34(51)39-23-9-2-4-18(11-23)29(46)40-25(13-24-15-35-17-36-24)32(49)37-21-7-1-5-19(10-21)30(47)41-26(14-28(44)45)33(50)38-22-8-3-6-20(12-22)31(48)42-27/h1-12,15,17,25-27,43H,13-14,16H2,(H,35,36)(H,37,49)(H,38,50)(H,39,51)(H,40,46)(H,41,47)(H,42,48)(H,44,45)/t25-,26-,27+/m0/s1. The molecule has 1 aliphatic rings. The third kappa shape index (κ3) is 9.39. The zero-order valence-corrected chi connectivity index (χ0v) is 26.6. The van der Waals surface area contributed by atoms with Gasteiger partial charge in [0.2, 0.25) is 17.7 Å². The lowest BCUT2D eigenvalue weighted by Crippen LogP contribution is -2.46. The van der Waals surface area contributed by atoms with Crippen molar-refractivity contribution in [1.82, 2.24) is 25.9 Å². The first-order valence-electron chi connectivity index (χ1n) is 15.4. The van der Waals surface area contributed by atoms with Gasteiger partial charge in [-0.25, -0.2) is 4.98 Å². The van der Waals surface area contributed by atoms with Crippen molar-refractivity contribution in [2.24, 2.45) is 0 Å². The van der Waals surface area contributed by atoms with Gasteiger partial charge in [0.15, 0.2) is 0 Å². The van der Waals surface area contributed by atoms with Crippen molar-refractivity contribution in [3.05, 3.63) is 108 Å². The Kier molecular flexibility index (Phi) is 11.1. The van der Waals surface area contributed by atoms with E-state index >= 15 is 0 Å². The van der Waals surface area contributed by atoms with E-state index in [-0.39, 0.29) is 40.2 Å². The van der Waals surface area contributed by atoms with Gasteiger partial charge in [0, 0.05) is 52.1 Å². The summed E-state index contributed by atoms with van der Waals surface area (Å²) in [5, 5.41) is 34.5. The first-order chi connectivity index (χ1) is 24.5. The Morgan fingerprint density at radius 3 is 1.49 bits per heavy atom. The molecule has 262 valence electrons. The minimum Gasteiger partial charge on any atom is -0.481 e. The Morgan fingerprint density at radius 2 is 1.06 bits per heavy atom. The summed E-state index contributed by atoms with van der Waals surface area (Å²) in [6, 6.07) is 12.7. The third-order valence-corrected chi connectivity index (χ3v) is 7.58. The van der Waals surface area contributed by atoms with E-state index in [1.165, 1.54) is 85.3 Å². The van der Waals surface area contributed by atoms with Crippen LogP contribution in [0.1, 0.15) is 43.2 Å². The molecule has 0 saturated carbocycles. The van der Waals surface area contributed by atoms with Crippen LogP contribution in [-0.2, 0) is 25.6 Å². The van der Waals surface area contributed by atoms with Gasteiger partial charge in [-0.05, 0) is 54.6 Å². The van der Waals surface area contributed by atoms with Crippen molar-refractivity contribution in [2.45, 2.75) is 31.0 Å². The fourth-order valence-corrected chi connectivity index (χ4v) is 5.03. The molecule has 0 aliphatic carbocycles. The number of aliphatic hydroxyl groups excluding tert-OH is 1. The first-order valence-corrected chi connectivity index (χ1v) is 15.4. The molecule has 0 fully saturated rings. The average molecular weight is 697 g/mol. The third-order valence-electron chi connectivity index (χ3n) is 7.58. The van der Waals surface area contributed by atoms with E-state index < -0.39 is 72.6 Å². The number of aromatic amines is 1. The number of carbonyl (C=O) groups excluding carboxylic acids is 6. The van der Waals surface area contributed by atoms with Crippen LogP contribution in [0.15, 0.2) is 85.3 Å². The number of fused-ring (bicyclic) bond motifs is 6. The number of carbonyl (C=O) groups is 7. The van der Waals surface area contributed by atoms with Gasteiger partial charge in [0.25, 0.3) is 17.7 Å². The van der Waals surface area contributed by atoms with Gasteiger partial charge in [-0.1, -0.05) is 18.2 Å². The van der Waals surface area contributed by atoms with Crippen molar-refractivity contribution < 1.29 is 43.8 Å². The van der Waals surface area contributed by atoms with Gasteiger partial charge in [-0.3, -0.25) is 33.6 Å². The predicted octanol–water partition coefficient (Wildman–Crippen LogP) is 0.644. The molecule has 0 radical (unpaired) electrons. The number of H-pyrrole nitrogens is 1. The van der Waals surface area contributed by atoms with Crippen molar-refractivity contribution in [2.75, 3.05) is 22.6 Å². The smallest absolute Gasteiger partial charge is 0.305 e. The summed E-state index contributed by atoms with van der Waals surface area (Å²) in [5.74, 6) is -6.07. The highest BCUT2D eigenvalue weighted by molar-refractivity contribution is 6.06. The summed E-state index contributed by atoms with van der Waals surface area (Å²) >= 11 is 0. The number of carboxylic acids is 1. The van der Waals surface area contributed by atoms with Gasteiger partial charge < -0.3 is 47.1 Å². The van der Waals surface area contributed by atoms with Crippen LogP contribution < -0.4 is 31.9 Å². The number of rotatable bonds is 5. The number of aliphatic hydroxyl groups is 1. The zero-order chi connectivity index (χ0) is 36.5. The minimum absolute atomic E-state index is 0.0138. The van der Waals surface area contributed by atoms with Crippen LogP contribution in [0.25, 0.3) is 0 Å². The van der Waals surface area contributed by atoms with Gasteiger partial charge in [-0.2, -0.15) is 0 Å². The molecule has 17 heteroatoms. The molecule has 0 spiro atoms. The maximum absolute atomic E-state index is 13.5. The van der Waals surface area contributed by atoms with Gasteiger partial charge in [0.05, 0.1) is 19.4 Å². The summed E-state index contributed by atoms with van der Waals surface area (Å²) < 4.78 is 0. The predicted molar refractivity (Wildman–Crippen MR) is 181 cm³/mol. The number of carboxylic acid groups (broad SMARTS) is 1. The molecule has 51 heavy (non-hydrogen) atoms. The Balaban J connectivity index is 1.50. The van der Waals surface area contributed by atoms with Gasteiger partial charge >= 0.3 is 5.97 Å². The van der Waals surface area contributed by atoms with Crippen molar-refractivity contribution in [3.8, 4) is 0 Å². The molecule has 1 aromatic heterocycles.